The SMILES string of the molecule is C/C=C/C(=O)CCC(=O)NCc1ccc(-c2cc3nc(-c4cccc(O)c4)nc(N4CCOCC4)c3s2)cc1. The summed E-state index contributed by atoms with van der Waals surface area (Å²) in [4.78, 5) is 36.8. The smallest absolute Gasteiger partial charge is 0.220 e. The maximum atomic E-state index is 12.1. The van der Waals surface area contributed by atoms with Crippen molar-refractivity contribution in [2.24, 2.45) is 0 Å². The molecule has 1 fully saturated rings. The highest BCUT2D eigenvalue weighted by molar-refractivity contribution is 7.22. The molecular weight excluding hydrogens is 512 g/mol. The fraction of sp³-hybridized carbons (Fsp3) is 0.267. The number of thiophene rings is 1. The van der Waals surface area contributed by atoms with Crippen LogP contribution in [0.3, 0.4) is 0 Å². The molecule has 0 saturated carbocycles. The lowest BCUT2D eigenvalue weighted by Gasteiger charge is -2.28. The van der Waals surface area contributed by atoms with E-state index in [9.17, 15) is 14.7 Å². The average Bonchev–Trinajstić information content (AvgIpc) is 3.40. The Morgan fingerprint density at radius 1 is 1.05 bits per heavy atom. The number of aromatic hydroxyl groups is 1. The molecule has 4 aromatic rings. The van der Waals surface area contributed by atoms with Gasteiger partial charge in [-0.1, -0.05) is 42.5 Å². The fourth-order valence-electron chi connectivity index (χ4n) is 4.40. The summed E-state index contributed by atoms with van der Waals surface area (Å²) in [5.74, 6) is 1.44. The van der Waals surface area contributed by atoms with Crippen molar-refractivity contribution in [1.29, 1.82) is 0 Å². The van der Waals surface area contributed by atoms with E-state index in [0.717, 1.165) is 50.7 Å². The highest BCUT2D eigenvalue weighted by atomic mass is 32.1. The molecule has 0 radical (unpaired) electrons. The second kappa shape index (κ2) is 12.2. The van der Waals surface area contributed by atoms with E-state index in [4.69, 9.17) is 14.7 Å². The van der Waals surface area contributed by atoms with Gasteiger partial charge in [-0.05, 0) is 42.3 Å². The number of morpholine rings is 1. The molecule has 0 bridgehead atoms. The van der Waals surface area contributed by atoms with E-state index in [1.807, 2.05) is 30.3 Å². The highest BCUT2D eigenvalue weighted by Crippen LogP contribution is 2.39. The van der Waals surface area contributed by atoms with E-state index in [-0.39, 0.29) is 30.3 Å². The first-order valence-corrected chi connectivity index (χ1v) is 13.8. The molecule has 9 heteroatoms. The van der Waals surface area contributed by atoms with Gasteiger partial charge >= 0.3 is 0 Å². The molecular formula is C30H30N4O4S. The van der Waals surface area contributed by atoms with Crippen molar-refractivity contribution in [2.75, 3.05) is 31.2 Å². The van der Waals surface area contributed by atoms with E-state index in [0.29, 0.717) is 25.6 Å². The first-order chi connectivity index (χ1) is 19.0. The number of anilines is 1. The third kappa shape index (κ3) is 6.50. The summed E-state index contributed by atoms with van der Waals surface area (Å²) in [6.45, 7) is 4.99. The summed E-state index contributed by atoms with van der Waals surface area (Å²) in [6, 6.07) is 17.2. The van der Waals surface area contributed by atoms with Gasteiger partial charge in [0.05, 0.1) is 23.4 Å². The van der Waals surface area contributed by atoms with Gasteiger partial charge in [0.1, 0.15) is 5.75 Å². The molecule has 5 rings (SSSR count). The number of nitrogens with zero attached hydrogens (tertiary/aromatic N) is 3. The van der Waals surface area contributed by atoms with Crippen LogP contribution in [0, 0.1) is 0 Å². The molecule has 200 valence electrons. The van der Waals surface area contributed by atoms with Crippen LogP contribution in [0.15, 0.2) is 66.7 Å². The molecule has 39 heavy (non-hydrogen) atoms. The predicted molar refractivity (Wildman–Crippen MR) is 154 cm³/mol. The Labute approximate surface area is 231 Å². The number of carbonyl (C=O) groups is 2. The van der Waals surface area contributed by atoms with Crippen LogP contribution in [0.2, 0.25) is 0 Å². The van der Waals surface area contributed by atoms with Crippen molar-refractivity contribution >= 4 is 39.1 Å². The van der Waals surface area contributed by atoms with Crippen LogP contribution in [-0.2, 0) is 20.9 Å². The van der Waals surface area contributed by atoms with Crippen LogP contribution in [0.5, 0.6) is 5.75 Å². The summed E-state index contributed by atoms with van der Waals surface area (Å²) in [7, 11) is 0. The van der Waals surface area contributed by atoms with Crippen molar-refractivity contribution in [1.82, 2.24) is 15.3 Å². The third-order valence-electron chi connectivity index (χ3n) is 6.45. The summed E-state index contributed by atoms with van der Waals surface area (Å²) in [6.07, 6.45) is 3.56. The van der Waals surface area contributed by atoms with E-state index < -0.39 is 0 Å². The Kier molecular flexibility index (Phi) is 8.29. The number of benzene rings is 2. The second-order valence-corrected chi connectivity index (χ2v) is 10.3. The molecule has 8 nitrogen and oxygen atoms in total. The van der Waals surface area contributed by atoms with E-state index >= 15 is 0 Å². The molecule has 1 aliphatic heterocycles. The Morgan fingerprint density at radius 3 is 2.59 bits per heavy atom. The van der Waals surface area contributed by atoms with Crippen LogP contribution < -0.4 is 10.2 Å². The summed E-state index contributed by atoms with van der Waals surface area (Å²) < 4.78 is 6.57. The van der Waals surface area contributed by atoms with Crippen LogP contribution >= 0.6 is 11.3 Å². The number of hydrogen-bond acceptors (Lipinski definition) is 8. The zero-order valence-electron chi connectivity index (χ0n) is 21.7. The van der Waals surface area contributed by atoms with Gasteiger partial charge in [0.15, 0.2) is 17.4 Å². The number of phenols is 1. The maximum Gasteiger partial charge on any atom is 0.220 e. The number of aromatic nitrogens is 2. The minimum atomic E-state index is -0.141. The average molecular weight is 543 g/mol. The van der Waals surface area contributed by atoms with Gasteiger partial charge in [-0.3, -0.25) is 9.59 Å². The van der Waals surface area contributed by atoms with Crippen molar-refractivity contribution < 1.29 is 19.4 Å². The lowest BCUT2D eigenvalue weighted by Crippen LogP contribution is -2.36. The second-order valence-electron chi connectivity index (χ2n) is 9.29. The standard InChI is InChI=1S/C30H30N4O4S/c1-2-4-23(35)11-12-27(37)31-19-20-7-9-21(10-8-20)26-18-25-28(39-26)30(34-13-15-38-16-14-34)33-29(32-25)22-5-3-6-24(36)17-22/h2-10,17-18,36H,11-16,19H2,1H3,(H,31,37)/b4-2+. The van der Waals surface area contributed by atoms with Gasteiger partial charge in [-0.15, -0.1) is 11.3 Å². The number of fused-ring (bicyclic) bond motifs is 1. The first-order valence-electron chi connectivity index (χ1n) is 13.0. The third-order valence-corrected chi connectivity index (χ3v) is 7.62. The zero-order chi connectivity index (χ0) is 27.2. The predicted octanol–water partition coefficient (Wildman–Crippen LogP) is 5.11. The largest absolute Gasteiger partial charge is 0.508 e. The molecule has 2 N–H and O–H groups in total. The van der Waals surface area contributed by atoms with Gasteiger partial charge in [-0.2, -0.15) is 0 Å². The quantitative estimate of drug-likeness (QED) is 0.283. The lowest BCUT2D eigenvalue weighted by atomic mass is 10.1. The number of rotatable bonds is 9. The van der Waals surface area contributed by atoms with E-state index in [1.165, 1.54) is 6.08 Å². The molecule has 3 heterocycles. The zero-order valence-corrected chi connectivity index (χ0v) is 22.5. The maximum absolute atomic E-state index is 12.1. The Hall–Kier alpha value is -4.08. The summed E-state index contributed by atoms with van der Waals surface area (Å²) >= 11 is 1.65. The van der Waals surface area contributed by atoms with Crippen molar-refractivity contribution in [3.63, 3.8) is 0 Å². The lowest BCUT2D eigenvalue weighted by molar-refractivity contribution is -0.124. The minimum absolute atomic E-state index is 0.0455. The van der Waals surface area contributed by atoms with Gasteiger partial charge < -0.3 is 20.1 Å². The summed E-state index contributed by atoms with van der Waals surface area (Å²) in [5, 5.41) is 12.9. The molecule has 1 saturated heterocycles. The topological polar surface area (TPSA) is 105 Å². The van der Waals surface area contributed by atoms with Gasteiger partial charge in [-0.25, -0.2) is 9.97 Å². The minimum Gasteiger partial charge on any atom is -0.508 e. The monoisotopic (exact) mass is 542 g/mol. The fourth-order valence-corrected chi connectivity index (χ4v) is 5.52. The van der Waals surface area contributed by atoms with Crippen molar-refractivity contribution in [3.05, 3.63) is 72.3 Å². The Morgan fingerprint density at radius 2 is 1.85 bits per heavy atom. The Bertz CT molecular complexity index is 1510. The molecule has 0 aliphatic carbocycles. The number of carbonyl (C=O) groups excluding carboxylic acids is 2. The van der Waals surface area contributed by atoms with Gasteiger partial charge in [0.25, 0.3) is 0 Å². The number of ether oxygens (including phenoxy) is 1. The van der Waals surface area contributed by atoms with Crippen LogP contribution in [0.25, 0.3) is 32.0 Å². The number of ketones is 1. The number of allylic oxidation sites excluding steroid dienone is 2. The van der Waals surface area contributed by atoms with Gasteiger partial charge in [0, 0.05) is 42.9 Å². The van der Waals surface area contributed by atoms with E-state index in [1.54, 1.807) is 42.5 Å². The summed E-state index contributed by atoms with van der Waals surface area (Å²) in [5.41, 5.74) is 3.65. The number of amides is 1. The molecule has 2 aromatic carbocycles. The Balaban J connectivity index is 1.37. The molecule has 0 spiro atoms. The first kappa shape index (κ1) is 26.5. The molecule has 1 aliphatic rings. The normalized spacial score (nSPS) is 13.7. The number of nitrogens with one attached hydrogen (secondary N) is 1. The van der Waals surface area contributed by atoms with Gasteiger partial charge in [0.2, 0.25) is 5.91 Å². The van der Waals surface area contributed by atoms with Crippen molar-refractivity contribution in [3.8, 4) is 27.6 Å². The molecule has 0 unspecified atom stereocenters. The molecule has 2 aromatic heterocycles. The molecule has 0 atom stereocenters. The van der Waals surface area contributed by atoms with Crippen LogP contribution in [-0.4, -0.2) is 53.1 Å². The highest BCUT2D eigenvalue weighted by Gasteiger charge is 2.20. The number of phenolic OH excluding ortho intramolecular Hbond substituents is 1. The van der Waals surface area contributed by atoms with Crippen molar-refractivity contribution in [2.45, 2.75) is 26.3 Å². The van der Waals surface area contributed by atoms with Crippen LogP contribution in [0.4, 0.5) is 5.82 Å². The van der Waals surface area contributed by atoms with Crippen LogP contribution in [0.1, 0.15) is 25.3 Å². The number of hydrogen-bond donors (Lipinski definition) is 2. The van der Waals surface area contributed by atoms with E-state index in [2.05, 4.69) is 16.3 Å². The molecule has 1 amide bonds.